The van der Waals surface area contributed by atoms with Crippen molar-refractivity contribution in [1.29, 1.82) is 0 Å². The maximum Gasteiger partial charge on any atom is 0.573 e. The topological polar surface area (TPSA) is 65.9 Å². The maximum absolute atomic E-state index is 12.2. The van der Waals surface area contributed by atoms with Gasteiger partial charge in [0.15, 0.2) is 5.96 Å². The molecule has 2 unspecified atom stereocenters. The zero-order chi connectivity index (χ0) is 19.9. The van der Waals surface area contributed by atoms with Gasteiger partial charge in [-0.1, -0.05) is 18.2 Å². The SMILES string of the molecule is CCNC(=NCC(O)c1ccc(OC(F)(F)F)cc1)NC(C)c1cccs1.I. The minimum absolute atomic E-state index is 0. The second-order valence-electron chi connectivity index (χ2n) is 5.73. The van der Waals surface area contributed by atoms with E-state index in [1.165, 1.54) is 12.1 Å². The maximum atomic E-state index is 12.2. The first kappa shape index (κ1) is 24.5. The number of nitrogens with zero attached hydrogens (tertiary/aromatic N) is 1. The lowest BCUT2D eigenvalue weighted by Crippen LogP contribution is -2.38. The van der Waals surface area contributed by atoms with Gasteiger partial charge in [0.2, 0.25) is 0 Å². The van der Waals surface area contributed by atoms with Crippen molar-refractivity contribution in [2.45, 2.75) is 32.4 Å². The van der Waals surface area contributed by atoms with Gasteiger partial charge in [-0.05, 0) is 43.0 Å². The predicted octanol–water partition coefficient (Wildman–Crippen LogP) is 4.61. The highest BCUT2D eigenvalue weighted by molar-refractivity contribution is 14.0. The molecule has 2 atom stereocenters. The Morgan fingerprint density at radius 3 is 2.46 bits per heavy atom. The number of alkyl halides is 3. The van der Waals surface area contributed by atoms with E-state index in [1.54, 1.807) is 11.3 Å². The van der Waals surface area contributed by atoms with Crippen molar-refractivity contribution >= 4 is 41.3 Å². The van der Waals surface area contributed by atoms with Gasteiger partial charge in [0.05, 0.1) is 18.7 Å². The first-order valence-corrected chi connectivity index (χ1v) is 9.28. The summed E-state index contributed by atoms with van der Waals surface area (Å²) >= 11 is 1.63. The molecule has 1 heterocycles. The lowest BCUT2D eigenvalue weighted by atomic mass is 10.1. The summed E-state index contributed by atoms with van der Waals surface area (Å²) in [6, 6.07) is 9.14. The third-order valence-electron chi connectivity index (χ3n) is 3.59. The van der Waals surface area contributed by atoms with Crippen LogP contribution in [0.15, 0.2) is 46.8 Å². The minimum Gasteiger partial charge on any atom is -0.406 e. The summed E-state index contributed by atoms with van der Waals surface area (Å²) in [7, 11) is 0. The van der Waals surface area contributed by atoms with Crippen LogP contribution in [0.2, 0.25) is 0 Å². The summed E-state index contributed by atoms with van der Waals surface area (Å²) < 4.78 is 40.4. The Labute approximate surface area is 183 Å². The Hall–Kier alpha value is -1.53. The molecule has 28 heavy (non-hydrogen) atoms. The highest BCUT2D eigenvalue weighted by atomic mass is 127. The van der Waals surface area contributed by atoms with Crippen LogP contribution in [-0.2, 0) is 0 Å². The molecule has 156 valence electrons. The van der Waals surface area contributed by atoms with Crippen LogP contribution >= 0.6 is 35.3 Å². The van der Waals surface area contributed by atoms with E-state index in [2.05, 4.69) is 20.4 Å². The van der Waals surface area contributed by atoms with E-state index in [0.717, 1.165) is 17.0 Å². The Morgan fingerprint density at radius 2 is 1.93 bits per heavy atom. The van der Waals surface area contributed by atoms with Crippen molar-refractivity contribution in [3.8, 4) is 5.75 Å². The van der Waals surface area contributed by atoms with Crippen LogP contribution in [0.4, 0.5) is 13.2 Å². The zero-order valence-corrected chi connectivity index (χ0v) is 18.5. The Morgan fingerprint density at radius 1 is 1.25 bits per heavy atom. The smallest absolute Gasteiger partial charge is 0.406 e. The standard InChI is InChI=1S/C18H22F3N3O2S.HI/c1-3-22-17(24-12(2)16-5-4-10-27-16)23-11-15(25)13-6-8-14(9-7-13)26-18(19,20)21;/h4-10,12,15,25H,3,11H2,1-2H3,(H2,22,23,24);1H. The average molecular weight is 529 g/mol. The van der Waals surface area contributed by atoms with Crippen molar-refractivity contribution in [2.75, 3.05) is 13.1 Å². The van der Waals surface area contributed by atoms with Gasteiger partial charge in [0.1, 0.15) is 5.75 Å². The van der Waals surface area contributed by atoms with Crippen LogP contribution in [0.3, 0.4) is 0 Å². The van der Waals surface area contributed by atoms with Gasteiger partial charge in [0, 0.05) is 11.4 Å². The number of hydrogen-bond acceptors (Lipinski definition) is 4. The molecule has 1 aromatic carbocycles. The molecule has 0 radical (unpaired) electrons. The Bertz CT molecular complexity index is 725. The summed E-state index contributed by atoms with van der Waals surface area (Å²) in [5.41, 5.74) is 0.454. The van der Waals surface area contributed by atoms with Crippen LogP contribution in [0.25, 0.3) is 0 Å². The van der Waals surface area contributed by atoms with E-state index in [9.17, 15) is 18.3 Å². The van der Waals surface area contributed by atoms with Crippen LogP contribution < -0.4 is 15.4 Å². The molecule has 0 aliphatic heterocycles. The third-order valence-corrected chi connectivity index (χ3v) is 4.64. The number of aliphatic hydroxyl groups is 1. The molecule has 0 bridgehead atoms. The van der Waals surface area contributed by atoms with Gasteiger partial charge in [0.25, 0.3) is 0 Å². The number of hydrogen-bond donors (Lipinski definition) is 3. The molecule has 2 rings (SSSR count). The molecule has 0 amide bonds. The van der Waals surface area contributed by atoms with Gasteiger partial charge >= 0.3 is 6.36 Å². The van der Waals surface area contributed by atoms with Crippen molar-refractivity contribution in [1.82, 2.24) is 10.6 Å². The summed E-state index contributed by atoms with van der Waals surface area (Å²) in [6.45, 7) is 4.66. The molecule has 0 fully saturated rings. The first-order chi connectivity index (χ1) is 12.8. The number of thiophene rings is 1. The predicted molar refractivity (Wildman–Crippen MR) is 115 cm³/mol. The highest BCUT2D eigenvalue weighted by Gasteiger charge is 2.31. The first-order valence-electron chi connectivity index (χ1n) is 8.40. The van der Waals surface area contributed by atoms with Gasteiger partial charge < -0.3 is 20.5 Å². The number of aliphatic hydroxyl groups excluding tert-OH is 1. The van der Waals surface area contributed by atoms with Crippen LogP contribution in [0.1, 0.15) is 36.4 Å². The number of guanidine groups is 1. The summed E-state index contributed by atoms with van der Waals surface area (Å²) in [5.74, 6) is 0.219. The molecule has 0 aliphatic carbocycles. The molecule has 0 saturated carbocycles. The Balaban J connectivity index is 0.00000392. The normalized spacial score (nSPS) is 14.0. The fraction of sp³-hybridized carbons (Fsp3) is 0.389. The molecular formula is C18H23F3IN3O2S. The number of halogens is 4. The van der Waals surface area contributed by atoms with Gasteiger partial charge in [-0.2, -0.15) is 0 Å². The quantitative estimate of drug-likeness (QED) is 0.279. The molecule has 0 aliphatic rings. The molecule has 0 spiro atoms. The molecular weight excluding hydrogens is 506 g/mol. The second-order valence-corrected chi connectivity index (χ2v) is 6.71. The van der Waals surface area contributed by atoms with Crippen molar-refractivity contribution < 1.29 is 23.0 Å². The lowest BCUT2D eigenvalue weighted by molar-refractivity contribution is -0.274. The number of rotatable bonds is 7. The Kier molecular flexibility index (Phi) is 10.0. The van der Waals surface area contributed by atoms with Crippen molar-refractivity contribution in [2.24, 2.45) is 4.99 Å². The van der Waals surface area contributed by atoms with E-state index in [4.69, 9.17) is 0 Å². The number of ether oxygens (including phenoxy) is 1. The second kappa shape index (κ2) is 11.5. The van der Waals surface area contributed by atoms with Crippen LogP contribution in [0.5, 0.6) is 5.75 Å². The monoisotopic (exact) mass is 529 g/mol. The van der Waals surface area contributed by atoms with Gasteiger partial charge in [-0.3, -0.25) is 4.99 Å². The lowest BCUT2D eigenvalue weighted by Gasteiger charge is -2.17. The fourth-order valence-corrected chi connectivity index (χ4v) is 3.04. The van der Waals surface area contributed by atoms with Crippen molar-refractivity contribution in [3.05, 3.63) is 52.2 Å². The summed E-state index contributed by atoms with van der Waals surface area (Å²) in [6.07, 6.45) is -5.69. The molecule has 10 heteroatoms. The molecule has 5 nitrogen and oxygen atoms in total. The molecule has 1 aromatic heterocycles. The van der Waals surface area contributed by atoms with Crippen LogP contribution in [0, 0.1) is 0 Å². The number of benzene rings is 1. The van der Waals surface area contributed by atoms with Gasteiger partial charge in [-0.15, -0.1) is 48.5 Å². The van der Waals surface area contributed by atoms with E-state index in [1.807, 2.05) is 31.4 Å². The van der Waals surface area contributed by atoms with Gasteiger partial charge in [-0.25, -0.2) is 0 Å². The largest absolute Gasteiger partial charge is 0.573 e. The molecule has 0 saturated heterocycles. The zero-order valence-electron chi connectivity index (χ0n) is 15.4. The summed E-state index contributed by atoms with van der Waals surface area (Å²) in [4.78, 5) is 5.51. The number of nitrogens with one attached hydrogen (secondary N) is 2. The van der Waals surface area contributed by atoms with E-state index >= 15 is 0 Å². The third kappa shape index (κ3) is 8.23. The minimum atomic E-state index is -4.74. The summed E-state index contributed by atoms with van der Waals surface area (Å²) in [5, 5.41) is 18.6. The van der Waals surface area contributed by atoms with E-state index in [-0.39, 0.29) is 42.3 Å². The van der Waals surface area contributed by atoms with Crippen LogP contribution in [-0.4, -0.2) is 30.5 Å². The molecule has 2 aromatic rings. The highest BCUT2D eigenvalue weighted by Crippen LogP contribution is 2.24. The van der Waals surface area contributed by atoms with Crippen molar-refractivity contribution in [3.63, 3.8) is 0 Å². The number of aliphatic imine (C=N–C) groups is 1. The fourth-order valence-electron chi connectivity index (χ4n) is 2.31. The average Bonchev–Trinajstić information content (AvgIpc) is 3.13. The van der Waals surface area contributed by atoms with E-state index in [0.29, 0.717) is 18.1 Å². The molecule has 3 N–H and O–H groups in total. The van der Waals surface area contributed by atoms with E-state index < -0.39 is 12.5 Å².